The largest absolute Gasteiger partial charge is 0.444 e. The molecule has 1 aliphatic carbocycles. The predicted molar refractivity (Wildman–Crippen MR) is 102 cm³/mol. The second-order valence-corrected chi connectivity index (χ2v) is 8.12. The number of amides is 1. The average Bonchev–Trinajstić information content (AvgIpc) is 2.57. The minimum atomic E-state index is -0.530. The van der Waals surface area contributed by atoms with Gasteiger partial charge in [-0.15, -0.1) is 0 Å². The van der Waals surface area contributed by atoms with E-state index in [0.717, 1.165) is 31.9 Å². The standard InChI is InChI=1S/C17H26ClN5O4/c1-17(2,3)27-16(24)21-9-12-6-4-11(5-7-12)8-19-14-13(23(25)26)10-20-15(18)22-14/h10-12H,4-9H2,1-3H3,(H,21,24)(H,19,20,22). The third kappa shape index (κ3) is 7.16. The maximum Gasteiger partial charge on any atom is 0.407 e. The first-order valence-corrected chi connectivity index (χ1v) is 9.39. The van der Waals surface area contributed by atoms with E-state index in [9.17, 15) is 14.9 Å². The molecule has 10 heteroatoms. The summed E-state index contributed by atoms with van der Waals surface area (Å²) in [4.78, 5) is 29.8. The highest BCUT2D eigenvalue weighted by molar-refractivity contribution is 6.28. The average molecular weight is 400 g/mol. The molecule has 0 bridgehead atoms. The van der Waals surface area contributed by atoms with Gasteiger partial charge in [-0.3, -0.25) is 10.1 Å². The van der Waals surface area contributed by atoms with E-state index in [2.05, 4.69) is 20.6 Å². The molecule has 150 valence electrons. The maximum absolute atomic E-state index is 11.7. The summed E-state index contributed by atoms with van der Waals surface area (Å²) in [6.45, 7) is 6.68. The Morgan fingerprint density at radius 2 is 1.89 bits per heavy atom. The topological polar surface area (TPSA) is 119 Å². The van der Waals surface area contributed by atoms with Crippen molar-refractivity contribution in [2.45, 2.75) is 52.1 Å². The van der Waals surface area contributed by atoms with Crippen LogP contribution in [-0.4, -0.2) is 39.7 Å². The van der Waals surface area contributed by atoms with Crippen molar-refractivity contribution in [2.75, 3.05) is 18.4 Å². The molecule has 1 amide bonds. The molecule has 2 rings (SSSR count). The zero-order chi connectivity index (χ0) is 20.0. The van der Waals surface area contributed by atoms with Crippen LogP contribution in [0.15, 0.2) is 6.20 Å². The number of hydrogen-bond donors (Lipinski definition) is 2. The molecule has 1 fully saturated rings. The SMILES string of the molecule is CC(C)(C)OC(=O)NCC1CCC(CNc2nc(Cl)ncc2[N+](=O)[O-])CC1. The molecule has 0 saturated heterocycles. The summed E-state index contributed by atoms with van der Waals surface area (Å²) in [7, 11) is 0. The summed E-state index contributed by atoms with van der Waals surface area (Å²) in [5.41, 5.74) is -0.686. The first-order valence-electron chi connectivity index (χ1n) is 9.01. The summed E-state index contributed by atoms with van der Waals surface area (Å²) in [6.07, 6.45) is 4.63. The van der Waals surface area contributed by atoms with E-state index in [1.807, 2.05) is 20.8 Å². The minimum absolute atomic E-state index is 0.0278. The third-order valence-corrected chi connectivity index (χ3v) is 4.58. The molecule has 0 radical (unpaired) electrons. The van der Waals surface area contributed by atoms with Crippen molar-refractivity contribution >= 4 is 29.2 Å². The number of rotatable bonds is 6. The van der Waals surface area contributed by atoms with E-state index in [0.29, 0.717) is 24.9 Å². The Labute approximate surface area is 163 Å². The fourth-order valence-corrected chi connectivity index (χ4v) is 3.17. The van der Waals surface area contributed by atoms with Crippen molar-refractivity contribution in [3.63, 3.8) is 0 Å². The van der Waals surface area contributed by atoms with E-state index >= 15 is 0 Å². The second kappa shape index (κ2) is 9.16. The van der Waals surface area contributed by atoms with E-state index in [1.165, 1.54) is 0 Å². The van der Waals surface area contributed by atoms with Gasteiger partial charge in [-0.2, -0.15) is 4.98 Å². The van der Waals surface area contributed by atoms with Gasteiger partial charge in [-0.25, -0.2) is 9.78 Å². The first-order chi connectivity index (χ1) is 12.6. The fraction of sp³-hybridized carbons (Fsp3) is 0.706. The quantitative estimate of drug-likeness (QED) is 0.424. The van der Waals surface area contributed by atoms with E-state index in [4.69, 9.17) is 16.3 Å². The van der Waals surface area contributed by atoms with Crippen LogP contribution in [0.25, 0.3) is 0 Å². The molecule has 1 aromatic heterocycles. The van der Waals surface area contributed by atoms with Gasteiger partial charge in [0.25, 0.3) is 0 Å². The number of ether oxygens (including phenoxy) is 1. The Morgan fingerprint density at radius 1 is 1.30 bits per heavy atom. The number of nitrogens with one attached hydrogen (secondary N) is 2. The van der Waals surface area contributed by atoms with Crippen LogP contribution in [-0.2, 0) is 4.74 Å². The molecule has 1 aromatic rings. The van der Waals surface area contributed by atoms with Crippen molar-refractivity contribution in [3.8, 4) is 0 Å². The normalized spacial score (nSPS) is 20.0. The van der Waals surface area contributed by atoms with Gasteiger partial charge >= 0.3 is 11.8 Å². The number of hydrogen-bond acceptors (Lipinski definition) is 7. The molecular formula is C17H26ClN5O4. The number of anilines is 1. The third-order valence-electron chi connectivity index (χ3n) is 4.40. The lowest BCUT2D eigenvalue weighted by atomic mass is 9.82. The van der Waals surface area contributed by atoms with Crippen LogP contribution in [0.4, 0.5) is 16.3 Å². The van der Waals surface area contributed by atoms with Crippen LogP contribution in [0.5, 0.6) is 0 Å². The van der Waals surface area contributed by atoms with Crippen LogP contribution < -0.4 is 10.6 Å². The highest BCUT2D eigenvalue weighted by Gasteiger charge is 2.24. The van der Waals surface area contributed by atoms with Crippen LogP contribution in [0.2, 0.25) is 5.28 Å². The van der Waals surface area contributed by atoms with Crippen LogP contribution in [0.1, 0.15) is 46.5 Å². The molecule has 0 unspecified atom stereocenters. The summed E-state index contributed by atoms with van der Waals surface area (Å²) in [6, 6.07) is 0. The minimum Gasteiger partial charge on any atom is -0.444 e. The number of nitro groups is 1. The van der Waals surface area contributed by atoms with Gasteiger partial charge in [0.05, 0.1) is 4.92 Å². The Morgan fingerprint density at radius 3 is 2.44 bits per heavy atom. The molecule has 0 aliphatic heterocycles. The first kappa shape index (κ1) is 21.1. The number of halogens is 1. The Balaban J connectivity index is 1.75. The highest BCUT2D eigenvalue weighted by atomic mass is 35.5. The van der Waals surface area contributed by atoms with Crippen molar-refractivity contribution in [1.82, 2.24) is 15.3 Å². The highest BCUT2D eigenvalue weighted by Crippen LogP contribution is 2.30. The Bertz CT molecular complexity index is 672. The number of carbonyl (C=O) groups excluding carboxylic acids is 1. The molecule has 0 spiro atoms. The molecule has 1 saturated carbocycles. The summed E-state index contributed by atoms with van der Waals surface area (Å²) >= 11 is 5.73. The zero-order valence-electron chi connectivity index (χ0n) is 15.8. The summed E-state index contributed by atoms with van der Waals surface area (Å²) in [5, 5.41) is 16.9. The lowest BCUT2D eigenvalue weighted by Gasteiger charge is -2.29. The van der Waals surface area contributed by atoms with Gasteiger partial charge in [0, 0.05) is 13.1 Å². The number of aromatic nitrogens is 2. The Hall–Kier alpha value is -2.16. The van der Waals surface area contributed by atoms with E-state index < -0.39 is 10.5 Å². The number of carbonyl (C=O) groups is 1. The smallest absolute Gasteiger partial charge is 0.407 e. The lowest BCUT2D eigenvalue weighted by Crippen LogP contribution is -2.36. The van der Waals surface area contributed by atoms with Crippen molar-refractivity contribution in [2.24, 2.45) is 11.8 Å². The number of alkyl carbamates (subject to hydrolysis) is 1. The molecule has 2 N–H and O–H groups in total. The summed E-state index contributed by atoms with van der Waals surface area (Å²) in [5.74, 6) is 0.946. The van der Waals surface area contributed by atoms with Crippen molar-refractivity contribution in [1.29, 1.82) is 0 Å². The van der Waals surface area contributed by atoms with Crippen LogP contribution in [0.3, 0.4) is 0 Å². The van der Waals surface area contributed by atoms with Gasteiger partial charge in [-0.1, -0.05) is 0 Å². The molecule has 1 aliphatic rings. The maximum atomic E-state index is 11.7. The van der Waals surface area contributed by atoms with Crippen molar-refractivity contribution < 1.29 is 14.5 Å². The van der Waals surface area contributed by atoms with Gasteiger partial charge in [0.15, 0.2) is 0 Å². The van der Waals surface area contributed by atoms with Gasteiger partial charge < -0.3 is 15.4 Å². The van der Waals surface area contributed by atoms with Gasteiger partial charge in [0.2, 0.25) is 11.1 Å². The second-order valence-electron chi connectivity index (χ2n) is 7.78. The molecule has 27 heavy (non-hydrogen) atoms. The molecule has 0 aromatic carbocycles. The lowest BCUT2D eigenvalue weighted by molar-refractivity contribution is -0.384. The van der Waals surface area contributed by atoms with Crippen LogP contribution >= 0.6 is 11.6 Å². The zero-order valence-corrected chi connectivity index (χ0v) is 16.6. The monoisotopic (exact) mass is 399 g/mol. The van der Waals surface area contributed by atoms with Gasteiger partial charge in [-0.05, 0) is 69.9 Å². The Kier molecular flexibility index (Phi) is 7.18. The van der Waals surface area contributed by atoms with Crippen molar-refractivity contribution in [3.05, 3.63) is 21.6 Å². The fourth-order valence-electron chi connectivity index (χ4n) is 3.04. The molecule has 9 nitrogen and oxygen atoms in total. The molecule has 1 heterocycles. The van der Waals surface area contributed by atoms with Crippen LogP contribution in [0, 0.1) is 22.0 Å². The number of nitrogens with zero attached hydrogens (tertiary/aromatic N) is 3. The molecule has 0 atom stereocenters. The van der Waals surface area contributed by atoms with E-state index in [-0.39, 0.29) is 22.9 Å². The molecular weight excluding hydrogens is 374 g/mol. The van der Waals surface area contributed by atoms with E-state index in [1.54, 1.807) is 0 Å². The van der Waals surface area contributed by atoms with Gasteiger partial charge in [0.1, 0.15) is 11.8 Å². The predicted octanol–water partition coefficient (Wildman–Crippen LogP) is 3.78. The summed E-state index contributed by atoms with van der Waals surface area (Å²) < 4.78 is 5.24.